The lowest BCUT2D eigenvalue weighted by molar-refractivity contribution is -0.384. The molecule has 0 unspecified atom stereocenters. The summed E-state index contributed by atoms with van der Waals surface area (Å²) in [7, 11) is -4.26. The maximum Gasteiger partial charge on any atom is 0.341 e. The molecule has 4 rings (SSSR count). The van der Waals surface area contributed by atoms with Crippen molar-refractivity contribution in [1.29, 1.82) is 0 Å². The lowest BCUT2D eigenvalue weighted by atomic mass is 9.95. The molecule has 0 saturated carbocycles. The van der Waals surface area contributed by atoms with Gasteiger partial charge in [0.25, 0.3) is 15.7 Å². The normalized spacial score (nSPS) is 12.9. The number of nitro groups is 1. The van der Waals surface area contributed by atoms with E-state index < -0.39 is 33.4 Å². The van der Waals surface area contributed by atoms with Crippen LogP contribution in [0.5, 0.6) is 0 Å². The number of amides is 1. The van der Waals surface area contributed by atoms with Crippen molar-refractivity contribution in [3.63, 3.8) is 0 Å². The van der Waals surface area contributed by atoms with Crippen LogP contribution >= 0.6 is 11.3 Å². The second-order valence-corrected chi connectivity index (χ2v) is 11.3. The Morgan fingerprint density at radius 2 is 1.84 bits per heavy atom. The number of fused-ring (bicyclic) bond motifs is 1. The van der Waals surface area contributed by atoms with E-state index in [0.717, 1.165) is 40.1 Å². The summed E-state index contributed by atoms with van der Waals surface area (Å²) in [5.41, 5.74) is 0.811. The molecule has 194 valence electrons. The number of hydrogen-bond donors (Lipinski definition) is 1. The molecule has 1 N–H and O–H groups in total. The molecule has 0 aliphatic heterocycles. The minimum Gasteiger partial charge on any atom is -0.462 e. The van der Waals surface area contributed by atoms with Crippen LogP contribution in [0, 0.1) is 10.1 Å². The van der Waals surface area contributed by atoms with Gasteiger partial charge in [-0.25, -0.2) is 13.2 Å². The molecule has 1 heterocycles. The number of esters is 1. The predicted octanol–water partition coefficient (Wildman–Crippen LogP) is 4.55. The number of nitro benzene ring substituents is 1. The van der Waals surface area contributed by atoms with E-state index in [9.17, 15) is 28.1 Å². The number of thiophene rings is 1. The topological polar surface area (TPSA) is 136 Å². The molecule has 1 aliphatic rings. The maximum absolute atomic E-state index is 13.5. The molecule has 0 radical (unpaired) electrons. The fourth-order valence-electron chi connectivity index (χ4n) is 4.17. The number of anilines is 2. The van der Waals surface area contributed by atoms with Gasteiger partial charge in [0.05, 0.1) is 27.7 Å². The highest BCUT2D eigenvalue weighted by molar-refractivity contribution is 7.92. The molecule has 12 heteroatoms. The number of carbonyl (C=O) groups is 2. The Morgan fingerprint density at radius 3 is 2.54 bits per heavy atom. The van der Waals surface area contributed by atoms with Crippen LogP contribution in [0.15, 0.2) is 59.5 Å². The van der Waals surface area contributed by atoms with E-state index in [1.807, 2.05) is 0 Å². The Hall–Kier alpha value is -3.77. The van der Waals surface area contributed by atoms with Gasteiger partial charge in [-0.05, 0) is 56.4 Å². The number of hydrogen-bond acceptors (Lipinski definition) is 8. The number of nitrogens with zero attached hydrogens (tertiary/aromatic N) is 2. The van der Waals surface area contributed by atoms with Crippen molar-refractivity contribution < 1.29 is 27.7 Å². The summed E-state index contributed by atoms with van der Waals surface area (Å²) in [4.78, 5) is 37.6. The van der Waals surface area contributed by atoms with Gasteiger partial charge in [-0.2, -0.15) is 0 Å². The number of benzene rings is 2. The van der Waals surface area contributed by atoms with Crippen molar-refractivity contribution in [2.75, 3.05) is 22.8 Å². The first-order chi connectivity index (χ1) is 17.7. The van der Waals surface area contributed by atoms with E-state index in [-0.39, 0.29) is 22.9 Å². The summed E-state index contributed by atoms with van der Waals surface area (Å²) in [5, 5.41) is 14.3. The van der Waals surface area contributed by atoms with Crippen LogP contribution in [0.4, 0.5) is 16.4 Å². The molecule has 0 fully saturated rings. The number of rotatable bonds is 9. The van der Waals surface area contributed by atoms with Crippen LogP contribution in [0.1, 0.15) is 40.6 Å². The first-order valence-electron chi connectivity index (χ1n) is 11.7. The van der Waals surface area contributed by atoms with E-state index in [0.29, 0.717) is 17.0 Å². The summed E-state index contributed by atoms with van der Waals surface area (Å²) < 4.78 is 33.1. The smallest absolute Gasteiger partial charge is 0.341 e. The van der Waals surface area contributed by atoms with Gasteiger partial charge in [-0.15, -0.1) is 11.3 Å². The van der Waals surface area contributed by atoms with Crippen molar-refractivity contribution in [2.24, 2.45) is 0 Å². The molecule has 0 saturated heterocycles. The number of non-ortho nitro benzene ring substituents is 1. The van der Waals surface area contributed by atoms with Crippen molar-refractivity contribution >= 4 is 49.6 Å². The Morgan fingerprint density at radius 1 is 1.11 bits per heavy atom. The molecule has 1 amide bonds. The zero-order valence-corrected chi connectivity index (χ0v) is 21.6. The largest absolute Gasteiger partial charge is 0.462 e. The molecule has 1 aliphatic carbocycles. The highest BCUT2D eigenvalue weighted by Gasteiger charge is 2.31. The number of carbonyl (C=O) groups excluding carboxylic acids is 2. The summed E-state index contributed by atoms with van der Waals surface area (Å²) in [6.07, 6.45) is 3.36. The van der Waals surface area contributed by atoms with Gasteiger partial charge in [0, 0.05) is 17.0 Å². The van der Waals surface area contributed by atoms with Gasteiger partial charge in [-0.3, -0.25) is 19.2 Å². The van der Waals surface area contributed by atoms with Crippen molar-refractivity contribution in [3.8, 4) is 0 Å². The highest BCUT2D eigenvalue weighted by atomic mass is 32.2. The van der Waals surface area contributed by atoms with Crippen LogP contribution in [-0.2, 0) is 32.4 Å². The third kappa shape index (κ3) is 5.65. The van der Waals surface area contributed by atoms with E-state index in [1.54, 1.807) is 25.1 Å². The molecular weight excluding hydrogens is 518 g/mol. The van der Waals surface area contributed by atoms with Gasteiger partial charge in [0.2, 0.25) is 5.91 Å². The standard InChI is InChI=1S/C25H25N3O7S2/c1-2-35-25(30)23-20-13-6-7-14-21(20)36-24(23)26-22(29)16-27(17-9-8-10-18(15-17)28(31)32)37(33,34)19-11-4-3-5-12-19/h3-5,8-12,15H,2,6-7,13-14,16H2,1H3,(H,26,29). The molecular formula is C25H25N3O7S2. The number of aryl methyl sites for hydroxylation is 1. The Kier molecular flexibility index (Phi) is 7.89. The van der Waals surface area contributed by atoms with Crippen LogP contribution in [-0.4, -0.2) is 38.4 Å². The van der Waals surface area contributed by atoms with Crippen LogP contribution < -0.4 is 9.62 Å². The third-order valence-electron chi connectivity index (χ3n) is 5.85. The van der Waals surface area contributed by atoms with E-state index in [2.05, 4.69) is 5.32 Å². The average molecular weight is 544 g/mol. The molecule has 0 atom stereocenters. The first kappa shape index (κ1) is 26.3. The lowest BCUT2D eigenvalue weighted by Crippen LogP contribution is -2.38. The van der Waals surface area contributed by atoms with Gasteiger partial charge in [0.1, 0.15) is 11.5 Å². The number of ether oxygens (including phenoxy) is 1. The van der Waals surface area contributed by atoms with E-state index >= 15 is 0 Å². The Labute approximate surface area is 218 Å². The lowest BCUT2D eigenvalue weighted by Gasteiger charge is -2.24. The minimum atomic E-state index is -4.26. The fraction of sp³-hybridized carbons (Fsp3) is 0.280. The van der Waals surface area contributed by atoms with Crippen molar-refractivity contribution in [1.82, 2.24) is 0 Å². The predicted molar refractivity (Wildman–Crippen MR) is 140 cm³/mol. The zero-order valence-electron chi connectivity index (χ0n) is 20.0. The zero-order chi connectivity index (χ0) is 26.6. The second kappa shape index (κ2) is 11.1. The van der Waals surface area contributed by atoms with E-state index in [1.165, 1.54) is 41.7 Å². The summed E-state index contributed by atoms with van der Waals surface area (Å²) in [6, 6.07) is 12.6. The molecule has 10 nitrogen and oxygen atoms in total. The Balaban J connectivity index is 1.70. The van der Waals surface area contributed by atoms with Crippen LogP contribution in [0.25, 0.3) is 0 Å². The molecule has 37 heavy (non-hydrogen) atoms. The van der Waals surface area contributed by atoms with Crippen molar-refractivity contribution in [3.05, 3.63) is 80.7 Å². The van der Waals surface area contributed by atoms with E-state index in [4.69, 9.17) is 4.74 Å². The highest BCUT2D eigenvalue weighted by Crippen LogP contribution is 2.39. The molecule has 2 aromatic carbocycles. The molecule has 1 aromatic heterocycles. The van der Waals surface area contributed by atoms with Gasteiger partial charge < -0.3 is 10.1 Å². The van der Waals surface area contributed by atoms with Crippen LogP contribution in [0.3, 0.4) is 0 Å². The molecule has 0 spiro atoms. The molecule has 3 aromatic rings. The maximum atomic E-state index is 13.5. The minimum absolute atomic E-state index is 0.0377. The summed E-state index contributed by atoms with van der Waals surface area (Å²) >= 11 is 1.29. The van der Waals surface area contributed by atoms with Gasteiger partial charge >= 0.3 is 5.97 Å². The first-order valence-corrected chi connectivity index (χ1v) is 13.9. The number of nitrogens with one attached hydrogen (secondary N) is 1. The van der Waals surface area contributed by atoms with Crippen LogP contribution in [0.2, 0.25) is 0 Å². The molecule has 0 bridgehead atoms. The van der Waals surface area contributed by atoms with Crippen molar-refractivity contribution in [2.45, 2.75) is 37.5 Å². The summed E-state index contributed by atoms with van der Waals surface area (Å²) in [6.45, 7) is 1.20. The SMILES string of the molecule is CCOC(=O)c1c(NC(=O)CN(c2cccc([N+](=O)[O-])c2)S(=O)(=O)c2ccccc2)sc2c1CCCC2. The second-order valence-electron chi connectivity index (χ2n) is 8.29. The number of sulfonamides is 1. The average Bonchev–Trinajstić information content (AvgIpc) is 3.25. The Bertz CT molecular complexity index is 1440. The van der Waals surface area contributed by atoms with Gasteiger partial charge in [-0.1, -0.05) is 24.3 Å². The quantitative estimate of drug-likeness (QED) is 0.238. The van der Waals surface area contributed by atoms with Gasteiger partial charge in [0.15, 0.2) is 0 Å². The summed E-state index contributed by atoms with van der Waals surface area (Å²) in [5.74, 6) is -1.24. The third-order valence-corrected chi connectivity index (χ3v) is 8.85. The monoisotopic (exact) mass is 543 g/mol. The fourth-order valence-corrected chi connectivity index (χ4v) is 6.89.